The third-order valence-corrected chi connectivity index (χ3v) is 4.97. The maximum atomic E-state index is 12.5. The molecule has 8 heteroatoms. The molecule has 2 rings (SSSR count). The maximum Gasteiger partial charge on any atom is 0.318 e. The van der Waals surface area contributed by atoms with Crippen LogP contribution in [0.2, 0.25) is 0 Å². The molecule has 2 N–H and O–H groups in total. The summed E-state index contributed by atoms with van der Waals surface area (Å²) in [5.74, 6) is -1.39. The molecule has 0 spiro atoms. The van der Waals surface area contributed by atoms with Crippen molar-refractivity contribution in [1.82, 2.24) is 4.31 Å². The number of sulfonamides is 1. The predicted octanol–water partition coefficient (Wildman–Crippen LogP) is 0.666. The van der Waals surface area contributed by atoms with Gasteiger partial charge in [-0.15, -0.1) is 0 Å². The van der Waals surface area contributed by atoms with Gasteiger partial charge >= 0.3 is 5.97 Å². The first kappa shape index (κ1) is 15.5. The topological polar surface area (TPSA) is 104 Å². The van der Waals surface area contributed by atoms with Crippen molar-refractivity contribution >= 4 is 27.6 Å². The second-order valence-corrected chi connectivity index (χ2v) is 6.71. The van der Waals surface area contributed by atoms with Crippen LogP contribution >= 0.6 is 0 Å². The van der Waals surface area contributed by atoms with Gasteiger partial charge in [0.2, 0.25) is 15.9 Å². The molecular weight excluding hydrogens is 296 g/mol. The molecule has 114 valence electrons. The summed E-state index contributed by atoms with van der Waals surface area (Å²) in [7, 11) is -3.88. The predicted molar refractivity (Wildman–Crippen MR) is 75.5 cm³/mol. The molecule has 1 heterocycles. The molecule has 1 aliphatic heterocycles. The van der Waals surface area contributed by atoms with Gasteiger partial charge in [0.15, 0.2) is 0 Å². The Kier molecular flexibility index (Phi) is 4.29. The molecule has 0 saturated heterocycles. The lowest BCUT2D eigenvalue weighted by molar-refractivity contribution is -0.137. The van der Waals surface area contributed by atoms with Gasteiger partial charge in [0.1, 0.15) is 6.54 Å². The summed E-state index contributed by atoms with van der Waals surface area (Å²) in [6.45, 7) is 1.32. The summed E-state index contributed by atoms with van der Waals surface area (Å²) >= 11 is 0. The van der Waals surface area contributed by atoms with Crippen molar-refractivity contribution in [3.05, 3.63) is 23.8 Å². The van der Waals surface area contributed by atoms with Gasteiger partial charge in [-0.25, -0.2) is 8.42 Å². The number of carbonyl (C=O) groups is 2. The lowest BCUT2D eigenvalue weighted by Gasteiger charge is -2.20. The summed E-state index contributed by atoms with van der Waals surface area (Å²) in [6, 6.07) is 4.33. The SMILES string of the molecule is CCCN(CC(=O)O)S(=O)(=O)c1ccc2c(c1)CC(=O)N2. The van der Waals surface area contributed by atoms with Gasteiger partial charge in [-0.2, -0.15) is 4.31 Å². The minimum Gasteiger partial charge on any atom is -0.480 e. The lowest BCUT2D eigenvalue weighted by atomic mass is 10.2. The first-order chi connectivity index (χ1) is 9.84. The maximum absolute atomic E-state index is 12.5. The third kappa shape index (κ3) is 3.22. The van der Waals surface area contributed by atoms with E-state index in [1.807, 2.05) is 0 Å². The molecule has 0 saturated carbocycles. The molecule has 7 nitrogen and oxygen atoms in total. The number of anilines is 1. The molecule has 1 aromatic rings. The number of nitrogens with zero attached hydrogens (tertiary/aromatic N) is 1. The van der Waals surface area contributed by atoms with Crippen LogP contribution in [0.3, 0.4) is 0 Å². The fourth-order valence-corrected chi connectivity index (χ4v) is 3.73. The highest BCUT2D eigenvalue weighted by Gasteiger charge is 2.28. The van der Waals surface area contributed by atoms with E-state index in [4.69, 9.17) is 5.11 Å². The third-order valence-electron chi connectivity index (χ3n) is 3.12. The Balaban J connectivity index is 2.36. The van der Waals surface area contributed by atoms with Gasteiger partial charge < -0.3 is 10.4 Å². The molecule has 0 bridgehead atoms. The first-order valence-corrected chi connectivity index (χ1v) is 7.93. The van der Waals surface area contributed by atoms with Crippen LogP contribution in [0.25, 0.3) is 0 Å². The number of rotatable bonds is 6. The van der Waals surface area contributed by atoms with Crippen LogP contribution in [0.4, 0.5) is 5.69 Å². The Morgan fingerprint density at radius 1 is 1.43 bits per heavy atom. The van der Waals surface area contributed by atoms with E-state index in [0.717, 1.165) is 4.31 Å². The van der Waals surface area contributed by atoms with Crippen molar-refractivity contribution in [2.24, 2.45) is 0 Å². The Morgan fingerprint density at radius 3 is 2.76 bits per heavy atom. The fraction of sp³-hybridized carbons (Fsp3) is 0.385. The van der Waals surface area contributed by atoms with Gasteiger partial charge in [0.05, 0.1) is 11.3 Å². The number of carbonyl (C=O) groups excluding carboxylic acids is 1. The van der Waals surface area contributed by atoms with E-state index < -0.39 is 22.5 Å². The van der Waals surface area contributed by atoms with Crippen molar-refractivity contribution in [2.75, 3.05) is 18.4 Å². The summed E-state index contributed by atoms with van der Waals surface area (Å²) in [4.78, 5) is 22.1. The van der Waals surface area contributed by atoms with E-state index in [0.29, 0.717) is 17.7 Å². The normalized spacial score (nSPS) is 14.1. The molecule has 1 amide bonds. The Hall–Kier alpha value is -1.93. The fourth-order valence-electron chi connectivity index (χ4n) is 2.20. The van der Waals surface area contributed by atoms with E-state index in [9.17, 15) is 18.0 Å². The van der Waals surface area contributed by atoms with Gasteiger partial charge in [0.25, 0.3) is 0 Å². The van der Waals surface area contributed by atoms with E-state index >= 15 is 0 Å². The number of nitrogens with one attached hydrogen (secondary N) is 1. The second kappa shape index (κ2) is 5.82. The van der Waals surface area contributed by atoms with Crippen LogP contribution < -0.4 is 5.32 Å². The number of fused-ring (bicyclic) bond motifs is 1. The number of amides is 1. The van der Waals surface area contributed by atoms with Crippen LogP contribution in [0.1, 0.15) is 18.9 Å². The van der Waals surface area contributed by atoms with Gasteiger partial charge in [-0.05, 0) is 30.2 Å². The molecular formula is C13H16N2O5S. The van der Waals surface area contributed by atoms with Crippen LogP contribution in [0, 0.1) is 0 Å². The Labute approximate surface area is 122 Å². The van der Waals surface area contributed by atoms with Crippen LogP contribution in [-0.4, -0.2) is 42.8 Å². The quantitative estimate of drug-likeness (QED) is 0.803. The number of aliphatic carboxylic acids is 1. The Bertz CT molecular complexity index is 684. The number of carboxylic acids is 1. The zero-order valence-electron chi connectivity index (χ0n) is 11.5. The van der Waals surface area contributed by atoms with Gasteiger partial charge in [-0.1, -0.05) is 6.92 Å². The molecule has 21 heavy (non-hydrogen) atoms. The van der Waals surface area contributed by atoms with E-state index in [1.54, 1.807) is 6.92 Å². The van der Waals surface area contributed by atoms with Crippen molar-refractivity contribution in [3.8, 4) is 0 Å². The van der Waals surface area contributed by atoms with Crippen molar-refractivity contribution in [2.45, 2.75) is 24.7 Å². The standard InChI is InChI=1S/C13H16N2O5S/c1-2-5-15(8-13(17)18)21(19,20)10-3-4-11-9(6-10)7-12(16)14-11/h3-4,6H,2,5,7-8H2,1H3,(H,14,16)(H,17,18). The van der Waals surface area contributed by atoms with Crippen LogP contribution in [-0.2, 0) is 26.0 Å². The van der Waals surface area contributed by atoms with E-state index in [1.165, 1.54) is 18.2 Å². The number of hydrogen-bond acceptors (Lipinski definition) is 4. The molecule has 1 aliphatic rings. The average molecular weight is 312 g/mol. The number of hydrogen-bond donors (Lipinski definition) is 2. The summed E-state index contributed by atoms with van der Waals surface area (Å²) in [6.07, 6.45) is 0.642. The molecule has 0 atom stereocenters. The highest BCUT2D eigenvalue weighted by Crippen LogP contribution is 2.27. The lowest BCUT2D eigenvalue weighted by Crippen LogP contribution is -2.36. The molecule has 0 aromatic heterocycles. The largest absolute Gasteiger partial charge is 0.480 e. The summed E-state index contributed by atoms with van der Waals surface area (Å²) < 4.78 is 25.9. The zero-order chi connectivity index (χ0) is 15.6. The molecule has 0 unspecified atom stereocenters. The number of benzene rings is 1. The van der Waals surface area contributed by atoms with E-state index in [-0.39, 0.29) is 23.8 Å². The molecule has 0 radical (unpaired) electrons. The van der Waals surface area contributed by atoms with Gasteiger partial charge in [0, 0.05) is 12.2 Å². The molecule has 1 aromatic carbocycles. The smallest absolute Gasteiger partial charge is 0.318 e. The van der Waals surface area contributed by atoms with E-state index in [2.05, 4.69) is 5.32 Å². The summed E-state index contributed by atoms with van der Waals surface area (Å²) in [5.41, 5.74) is 1.20. The minimum absolute atomic E-state index is 0.00690. The van der Waals surface area contributed by atoms with Crippen molar-refractivity contribution < 1.29 is 23.1 Å². The van der Waals surface area contributed by atoms with Crippen LogP contribution in [0.15, 0.2) is 23.1 Å². The Morgan fingerprint density at radius 2 is 2.14 bits per heavy atom. The zero-order valence-corrected chi connectivity index (χ0v) is 12.3. The van der Waals surface area contributed by atoms with Crippen LogP contribution in [0.5, 0.6) is 0 Å². The average Bonchev–Trinajstić information content (AvgIpc) is 2.76. The molecule has 0 aliphatic carbocycles. The number of carboxylic acid groups (broad SMARTS) is 1. The summed E-state index contributed by atoms with van der Waals surface area (Å²) in [5, 5.41) is 11.5. The minimum atomic E-state index is -3.88. The first-order valence-electron chi connectivity index (χ1n) is 6.49. The second-order valence-electron chi connectivity index (χ2n) is 4.78. The highest BCUT2D eigenvalue weighted by atomic mass is 32.2. The van der Waals surface area contributed by atoms with Gasteiger partial charge in [-0.3, -0.25) is 9.59 Å². The highest BCUT2D eigenvalue weighted by molar-refractivity contribution is 7.89. The van der Waals surface area contributed by atoms with Crippen molar-refractivity contribution in [1.29, 1.82) is 0 Å². The molecule has 0 fully saturated rings. The van der Waals surface area contributed by atoms with Crippen molar-refractivity contribution in [3.63, 3.8) is 0 Å². The monoisotopic (exact) mass is 312 g/mol.